The number of para-hydroxylation sites is 1. The van der Waals surface area contributed by atoms with Crippen LogP contribution in [0.2, 0.25) is 10.0 Å². The van der Waals surface area contributed by atoms with Crippen LogP contribution in [0, 0.1) is 12.8 Å². The molecule has 1 unspecified atom stereocenters. The highest BCUT2D eigenvalue weighted by molar-refractivity contribution is 6.42. The first-order chi connectivity index (χ1) is 18.8. The van der Waals surface area contributed by atoms with E-state index in [0.29, 0.717) is 11.3 Å². The summed E-state index contributed by atoms with van der Waals surface area (Å²) in [7, 11) is 1.71. The summed E-state index contributed by atoms with van der Waals surface area (Å²) in [6.45, 7) is 5.01. The van der Waals surface area contributed by atoms with Crippen molar-refractivity contribution < 1.29 is 33.9 Å². The summed E-state index contributed by atoms with van der Waals surface area (Å²) in [6.07, 6.45) is -0.957. The van der Waals surface area contributed by atoms with Gasteiger partial charge in [-0.05, 0) is 36.6 Å². The number of ketones is 3. The van der Waals surface area contributed by atoms with Gasteiger partial charge in [-0.1, -0.05) is 61.3 Å². The van der Waals surface area contributed by atoms with Crippen LogP contribution in [-0.2, 0) is 26.2 Å². The first-order valence-corrected chi connectivity index (χ1v) is 12.9. The normalized spacial score (nSPS) is 12.6. The number of Topliss-reactive ketones (excluding diaryl/α,β-unsaturated/α-hetero) is 3. The fraction of sp³-hybridized carbons (Fsp3) is 0.286. The molecule has 2 aromatic carbocycles. The smallest absolute Gasteiger partial charge is 0.374 e. The fourth-order valence-electron chi connectivity index (χ4n) is 4.41. The van der Waals surface area contributed by atoms with E-state index < -0.39 is 59.6 Å². The second-order valence-corrected chi connectivity index (χ2v) is 10.3. The van der Waals surface area contributed by atoms with Gasteiger partial charge < -0.3 is 20.3 Å². The number of benzene rings is 2. The highest BCUT2D eigenvalue weighted by atomic mass is 35.5. The maximum Gasteiger partial charge on any atom is 0.374 e. The minimum Gasteiger partial charge on any atom is -0.475 e. The van der Waals surface area contributed by atoms with E-state index in [-0.39, 0.29) is 15.6 Å². The Bertz CT molecular complexity index is 1480. The molecule has 2 amide bonds. The average Bonchev–Trinajstić information content (AvgIpc) is 3.14. The van der Waals surface area contributed by atoms with Gasteiger partial charge in [-0.15, -0.1) is 0 Å². The molecule has 3 rings (SSSR count). The number of hydrogen-bond acceptors (Lipinski definition) is 6. The predicted molar refractivity (Wildman–Crippen MR) is 149 cm³/mol. The zero-order chi connectivity index (χ0) is 29.9. The lowest BCUT2D eigenvalue weighted by Gasteiger charge is -2.24. The van der Waals surface area contributed by atoms with Gasteiger partial charge in [0, 0.05) is 18.0 Å². The van der Waals surface area contributed by atoms with E-state index in [9.17, 15) is 33.9 Å². The summed E-state index contributed by atoms with van der Waals surface area (Å²) in [4.78, 5) is 76.1. The average molecular weight is 588 g/mol. The third-order valence-corrected chi connectivity index (χ3v) is 7.10. The van der Waals surface area contributed by atoms with Gasteiger partial charge in [0.05, 0.1) is 22.0 Å². The maximum atomic E-state index is 13.3. The lowest BCUT2D eigenvalue weighted by Crippen LogP contribution is -2.57. The Labute approximate surface area is 239 Å². The molecule has 210 valence electrons. The molecular formula is C28H27Cl2N3O7. The SMILES string of the molecule is Cc1c(C(=O)N[C@H](C(=O)NC(C(=O)CC(=O)c2c(Cl)cccc2Cl)C(=O)C(=O)O)C(C)C)n(C)c2ccccc12. The van der Waals surface area contributed by atoms with Gasteiger partial charge in [-0.2, -0.15) is 0 Å². The number of nitrogens with one attached hydrogen (secondary N) is 2. The number of nitrogens with zero attached hydrogens (tertiary/aromatic N) is 1. The van der Waals surface area contributed by atoms with Gasteiger partial charge in [-0.25, -0.2) is 4.79 Å². The quantitative estimate of drug-likeness (QED) is 0.176. The highest BCUT2D eigenvalue weighted by Gasteiger charge is 2.37. The van der Waals surface area contributed by atoms with E-state index in [0.717, 1.165) is 10.9 Å². The number of aromatic nitrogens is 1. The number of carbonyl (C=O) groups excluding carboxylic acids is 5. The third-order valence-electron chi connectivity index (χ3n) is 6.47. The van der Waals surface area contributed by atoms with Crippen molar-refractivity contribution in [3.63, 3.8) is 0 Å². The molecule has 0 aliphatic carbocycles. The Morgan fingerprint density at radius 3 is 2.08 bits per heavy atom. The minimum atomic E-state index is -2.19. The second-order valence-electron chi connectivity index (χ2n) is 9.52. The largest absolute Gasteiger partial charge is 0.475 e. The van der Waals surface area contributed by atoms with Gasteiger partial charge >= 0.3 is 5.97 Å². The van der Waals surface area contributed by atoms with E-state index in [4.69, 9.17) is 23.2 Å². The number of hydrogen-bond donors (Lipinski definition) is 3. The first kappa shape index (κ1) is 30.5. The first-order valence-electron chi connectivity index (χ1n) is 12.2. The summed E-state index contributed by atoms with van der Waals surface area (Å²) in [5.74, 6) is -7.76. The van der Waals surface area contributed by atoms with Gasteiger partial charge in [0.2, 0.25) is 5.91 Å². The molecule has 1 aromatic heterocycles. The fourth-order valence-corrected chi connectivity index (χ4v) is 5.02. The van der Waals surface area contributed by atoms with E-state index in [2.05, 4.69) is 10.6 Å². The summed E-state index contributed by atoms with van der Waals surface area (Å²) >= 11 is 12.0. The molecule has 0 aliphatic heterocycles. The van der Waals surface area contributed by atoms with Gasteiger partial charge in [0.25, 0.3) is 11.7 Å². The Hall–Kier alpha value is -4.02. The van der Waals surface area contributed by atoms with Crippen molar-refractivity contribution in [1.29, 1.82) is 0 Å². The number of aliphatic carboxylic acids is 1. The van der Waals surface area contributed by atoms with Crippen molar-refractivity contribution in [3.05, 3.63) is 69.3 Å². The summed E-state index contributed by atoms with van der Waals surface area (Å²) < 4.78 is 1.68. The van der Waals surface area contributed by atoms with Crippen LogP contribution in [0.25, 0.3) is 10.9 Å². The molecule has 0 saturated heterocycles. The number of aryl methyl sites for hydroxylation is 2. The van der Waals surface area contributed by atoms with E-state index in [1.807, 2.05) is 24.3 Å². The molecule has 0 fully saturated rings. The molecule has 0 bridgehead atoms. The van der Waals surface area contributed by atoms with E-state index >= 15 is 0 Å². The molecule has 10 nitrogen and oxygen atoms in total. The molecule has 3 aromatic rings. The second kappa shape index (κ2) is 12.4. The molecule has 40 heavy (non-hydrogen) atoms. The summed E-state index contributed by atoms with van der Waals surface area (Å²) in [5.41, 5.74) is 1.61. The van der Waals surface area contributed by atoms with E-state index in [1.165, 1.54) is 18.2 Å². The number of fused-ring (bicyclic) bond motifs is 1. The number of carbonyl (C=O) groups is 6. The van der Waals surface area contributed by atoms with Crippen molar-refractivity contribution >= 4 is 69.2 Å². The van der Waals surface area contributed by atoms with Gasteiger partial charge in [-0.3, -0.25) is 24.0 Å². The zero-order valence-corrected chi connectivity index (χ0v) is 23.6. The monoisotopic (exact) mass is 587 g/mol. The summed E-state index contributed by atoms with van der Waals surface area (Å²) in [6, 6.07) is 8.16. The molecular weight excluding hydrogens is 561 g/mol. The molecule has 0 spiro atoms. The maximum absolute atomic E-state index is 13.3. The molecule has 0 saturated carbocycles. The van der Waals surface area contributed by atoms with Crippen LogP contribution in [0.1, 0.15) is 46.7 Å². The van der Waals surface area contributed by atoms with Crippen LogP contribution in [0.5, 0.6) is 0 Å². The van der Waals surface area contributed by atoms with Crippen molar-refractivity contribution in [2.45, 2.75) is 39.3 Å². The Balaban J connectivity index is 1.85. The van der Waals surface area contributed by atoms with Crippen LogP contribution in [0.15, 0.2) is 42.5 Å². The van der Waals surface area contributed by atoms with Crippen LogP contribution in [0.3, 0.4) is 0 Å². The summed E-state index contributed by atoms with van der Waals surface area (Å²) in [5, 5.41) is 14.8. The van der Waals surface area contributed by atoms with Crippen molar-refractivity contribution in [3.8, 4) is 0 Å². The molecule has 0 radical (unpaired) electrons. The topological polar surface area (TPSA) is 152 Å². The van der Waals surface area contributed by atoms with E-state index in [1.54, 1.807) is 32.4 Å². The standard InChI is InChI=1S/C28H27Cl2N3O7/c1-13(2)22(31-27(38)24-14(3)15-8-5-6-11-18(15)33(24)4)26(37)32-23(25(36)28(39)40)20(35)12-19(34)21-16(29)9-7-10-17(21)30/h5-11,13,22-23H,12H2,1-4H3,(H,31,38)(H,32,37)(H,39,40)/t22-,23?/m0/s1. The number of rotatable bonds is 11. The molecule has 12 heteroatoms. The lowest BCUT2D eigenvalue weighted by atomic mass is 9.97. The van der Waals surface area contributed by atoms with Gasteiger partial charge in [0.15, 0.2) is 17.6 Å². The Morgan fingerprint density at radius 2 is 1.52 bits per heavy atom. The molecule has 2 atom stereocenters. The predicted octanol–water partition coefficient (Wildman–Crippen LogP) is 3.53. The van der Waals surface area contributed by atoms with Crippen molar-refractivity contribution in [2.24, 2.45) is 13.0 Å². The molecule has 1 heterocycles. The zero-order valence-electron chi connectivity index (χ0n) is 22.1. The van der Waals surface area contributed by atoms with Crippen LogP contribution in [0.4, 0.5) is 0 Å². The van der Waals surface area contributed by atoms with Gasteiger partial charge in [0.1, 0.15) is 11.7 Å². The van der Waals surface area contributed by atoms with Crippen LogP contribution < -0.4 is 10.6 Å². The molecule has 3 N–H and O–H groups in total. The Kier molecular flexibility index (Phi) is 9.49. The number of amides is 2. The number of carboxylic acids is 1. The highest BCUT2D eigenvalue weighted by Crippen LogP contribution is 2.26. The van der Waals surface area contributed by atoms with Crippen LogP contribution in [-0.4, -0.2) is 56.9 Å². The Morgan fingerprint density at radius 1 is 0.925 bits per heavy atom. The number of halogens is 2. The molecule has 0 aliphatic rings. The van der Waals surface area contributed by atoms with Crippen molar-refractivity contribution in [2.75, 3.05) is 0 Å². The number of carboxylic acid groups (broad SMARTS) is 1. The third kappa shape index (κ3) is 6.24. The lowest BCUT2D eigenvalue weighted by molar-refractivity contribution is -0.152. The van der Waals surface area contributed by atoms with Crippen molar-refractivity contribution in [1.82, 2.24) is 15.2 Å². The van der Waals surface area contributed by atoms with Crippen LogP contribution >= 0.6 is 23.2 Å². The minimum absolute atomic E-state index is 0.0401.